The molecule has 116 valence electrons. The van der Waals surface area contributed by atoms with Crippen LogP contribution in [0.1, 0.15) is 19.3 Å². The van der Waals surface area contributed by atoms with Gasteiger partial charge in [-0.15, -0.1) is 0 Å². The van der Waals surface area contributed by atoms with Crippen molar-refractivity contribution in [1.29, 1.82) is 0 Å². The van der Waals surface area contributed by atoms with E-state index in [1.807, 2.05) is 0 Å². The Balaban J connectivity index is 1.61. The zero-order chi connectivity index (χ0) is 14.9. The van der Waals surface area contributed by atoms with Crippen molar-refractivity contribution < 1.29 is 23.8 Å². The maximum atomic E-state index is 13.0. The largest absolute Gasteiger partial charge is 0.469 e. The number of rotatable bonds is 2. The number of esters is 2. The minimum absolute atomic E-state index is 0.0794. The lowest BCUT2D eigenvalue weighted by Crippen LogP contribution is -2.72. The van der Waals surface area contributed by atoms with Crippen LogP contribution in [0.3, 0.4) is 0 Å². The average Bonchev–Trinajstić information content (AvgIpc) is 2.96. The Hall–Kier alpha value is -1.10. The molecule has 8 fully saturated rings. The quantitative estimate of drug-likeness (QED) is 0.556. The van der Waals surface area contributed by atoms with E-state index in [9.17, 15) is 9.59 Å². The summed E-state index contributed by atoms with van der Waals surface area (Å²) in [4.78, 5) is 25.9. The van der Waals surface area contributed by atoms with Gasteiger partial charge in [-0.2, -0.15) is 0 Å². The molecule has 0 N–H and O–H groups in total. The van der Waals surface area contributed by atoms with Crippen molar-refractivity contribution in [2.24, 2.45) is 46.3 Å². The molecule has 1 heterocycles. The highest BCUT2D eigenvalue weighted by atomic mass is 16.6. The van der Waals surface area contributed by atoms with Crippen molar-refractivity contribution in [3.8, 4) is 0 Å². The maximum Gasteiger partial charge on any atom is 0.313 e. The highest BCUT2D eigenvalue weighted by Gasteiger charge is 3.14. The molecule has 8 rings (SSSR count). The Labute approximate surface area is 127 Å². The summed E-state index contributed by atoms with van der Waals surface area (Å²) < 4.78 is 17.1. The Bertz CT molecular complexity index is 660. The normalized spacial score (nSPS) is 71.5. The van der Waals surface area contributed by atoms with E-state index < -0.39 is 10.8 Å². The summed E-state index contributed by atoms with van der Waals surface area (Å²) >= 11 is 0. The monoisotopic (exact) mass is 302 g/mol. The van der Waals surface area contributed by atoms with Crippen LogP contribution in [-0.4, -0.2) is 37.4 Å². The van der Waals surface area contributed by atoms with Crippen LogP contribution in [0.15, 0.2) is 0 Å². The molecule has 2 spiro atoms. The predicted molar refractivity (Wildman–Crippen MR) is 70.2 cm³/mol. The van der Waals surface area contributed by atoms with E-state index in [0.717, 1.165) is 19.3 Å². The molecule has 0 aromatic rings. The molecule has 0 aromatic carbocycles. The molecule has 0 aromatic heterocycles. The van der Waals surface area contributed by atoms with Crippen LogP contribution in [0.25, 0.3) is 0 Å². The summed E-state index contributed by atoms with van der Waals surface area (Å²) in [6.07, 6.45) is 3.28. The molecule has 0 radical (unpaired) electrons. The Morgan fingerprint density at radius 3 is 1.77 bits per heavy atom. The van der Waals surface area contributed by atoms with Gasteiger partial charge in [0.2, 0.25) is 0 Å². The molecule has 0 unspecified atom stereocenters. The van der Waals surface area contributed by atoms with E-state index in [4.69, 9.17) is 14.2 Å². The van der Waals surface area contributed by atoms with Crippen LogP contribution in [0.5, 0.6) is 0 Å². The number of hydrogen-bond donors (Lipinski definition) is 0. The van der Waals surface area contributed by atoms with Gasteiger partial charge in [0.25, 0.3) is 0 Å². The van der Waals surface area contributed by atoms with E-state index in [2.05, 4.69) is 0 Å². The first-order valence-electron chi connectivity index (χ1n) is 8.48. The van der Waals surface area contributed by atoms with Gasteiger partial charge in [-0.1, -0.05) is 0 Å². The van der Waals surface area contributed by atoms with Crippen molar-refractivity contribution in [1.82, 2.24) is 0 Å². The topological polar surface area (TPSA) is 65.1 Å². The number of hydrogen-bond acceptors (Lipinski definition) is 5. The lowest BCUT2D eigenvalue weighted by atomic mass is 9.36. The third-order valence-electron chi connectivity index (χ3n) is 9.44. The van der Waals surface area contributed by atoms with Crippen LogP contribution in [0, 0.1) is 46.3 Å². The van der Waals surface area contributed by atoms with E-state index >= 15 is 0 Å². The van der Waals surface area contributed by atoms with Gasteiger partial charge in [0.05, 0.1) is 25.0 Å². The summed E-state index contributed by atoms with van der Waals surface area (Å²) in [6.45, 7) is 0. The molecule has 5 heteroatoms. The van der Waals surface area contributed by atoms with Crippen molar-refractivity contribution >= 4 is 11.9 Å². The summed E-state index contributed by atoms with van der Waals surface area (Å²) in [5.41, 5.74) is -1.43. The van der Waals surface area contributed by atoms with Crippen molar-refractivity contribution in [3.63, 3.8) is 0 Å². The fourth-order valence-electron chi connectivity index (χ4n) is 9.93. The number of epoxide rings is 1. The van der Waals surface area contributed by atoms with E-state index in [0.29, 0.717) is 23.7 Å². The average molecular weight is 302 g/mol. The van der Waals surface area contributed by atoms with Gasteiger partial charge in [0, 0.05) is 11.8 Å². The smallest absolute Gasteiger partial charge is 0.313 e. The Morgan fingerprint density at radius 1 is 0.909 bits per heavy atom. The molecule has 0 amide bonds. The summed E-state index contributed by atoms with van der Waals surface area (Å²) in [5.74, 6) is 1.58. The summed E-state index contributed by atoms with van der Waals surface area (Å²) in [5, 5.41) is 0. The molecule has 4 bridgehead atoms. The number of methoxy groups -OCH3 is 2. The van der Waals surface area contributed by atoms with Crippen molar-refractivity contribution in [2.75, 3.05) is 14.2 Å². The number of carbonyl (C=O) groups excluding carboxylic acids is 2. The van der Waals surface area contributed by atoms with Gasteiger partial charge < -0.3 is 14.2 Å². The first kappa shape index (κ1) is 11.4. The van der Waals surface area contributed by atoms with E-state index in [1.165, 1.54) is 14.2 Å². The van der Waals surface area contributed by atoms with Gasteiger partial charge in [-0.05, 0) is 42.9 Å². The zero-order valence-corrected chi connectivity index (χ0v) is 12.6. The van der Waals surface area contributed by atoms with Gasteiger partial charge in [0.1, 0.15) is 11.2 Å². The molecule has 8 aliphatic rings. The lowest BCUT2D eigenvalue weighted by molar-refractivity contribution is -0.240. The first-order valence-corrected chi connectivity index (χ1v) is 8.48. The molecule has 7 aliphatic carbocycles. The molecule has 22 heavy (non-hydrogen) atoms. The molecular formula is C17H18O5. The van der Waals surface area contributed by atoms with Gasteiger partial charge in [-0.25, -0.2) is 0 Å². The molecule has 7 saturated carbocycles. The van der Waals surface area contributed by atoms with Crippen LogP contribution >= 0.6 is 0 Å². The van der Waals surface area contributed by atoms with Gasteiger partial charge >= 0.3 is 11.9 Å². The van der Waals surface area contributed by atoms with Gasteiger partial charge in [-0.3, -0.25) is 9.59 Å². The fraction of sp³-hybridized carbons (Fsp3) is 0.882. The van der Waals surface area contributed by atoms with Crippen molar-refractivity contribution in [2.45, 2.75) is 30.5 Å². The van der Waals surface area contributed by atoms with Crippen LogP contribution in [0.4, 0.5) is 0 Å². The van der Waals surface area contributed by atoms with E-state index in [1.54, 1.807) is 0 Å². The van der Waals surface area contributed by atoms with Crippen LogP contribution in [-0.2, 0) is 23.8 Å². The molecule has 1 saturated heterocycles. The third-order valence-corrected chi connectivity index (χ3v) is 9.44. The van der Waals surface area contributed by atoms with Crippen LogP contribution < -0.4 is 0 Å². The highest BCUT2D eigenvalue weighted by Crippen LogP contribution is 3.05. The molecule has 5 nitrogen and oxygen atoms in total. The van der Waals surface area contributed by atoms with Gasteiger partial charge in [0.15, 0.2) is 0 Å². The first-order chi connectivity index (χ1) is 10.6. The lowest BCUT2D eigenvalue weighted by Gasteiger charge is -2.64. The molecule has 1 aliphatic heterocycles. The van der Waals surface area contributed by atoms with Crippen LogP contribution in [0.2, 0.25) is 0 Å². The zero-order valence-electron chi connectivity index (χ0n) is 12.6. The predicted octanol–water partition coefficient (Wildman–Crippen LogP) is 0.762. The Morgan fingerprint density at radius 2 is 1.36 bits per heavy atom. The Kier molecular flexibility index (Phi) is 1.32. The second-order valence-electron chi connectivity index (χ2n) is 8.59. The second-order valence-corrected chi connectivity index (χ2v) is 8.59. The number of fused-ring (bicyclic) bond motifs is 1. The SMILES string of the molecule is COC(=O)[C@@]12[C@H]3[C@@H]4[C@@H]5CC[C@H]3[C@]36O[C@]53[C@H](C[C@@H]61)[C@@]42C(=O)OC. The summed E-state index contributed by atoms with van der Waals surface area (Å²) in [7, 11) is 2.93. The van der Waals surface area contributed by atoms with E-state index in [-0.39, 0.29) is 35.0 Å². The number of ether oxygens (including phenoxy) is 3. The minimum atomic E-state index is -0.635. The summed E-state index contributed by atoms with van der Waals surface area (Å²) in [6, 6.07) is 0. The highest BCUT2D eigenvalue weighted by molar-refractivity contribution is 5.97. The standard InChI is InChI=1S/C17H18O5/c1-20-12(18)14-8-5-9-15(14,13(19)21-2)11-7-4-3-6(10(11)14)16(8)17(7,9)22-16/h6-11H,3-5H2,1-2H3/t6-,7+,8-,9-,10-,11+,14+,15+,16-,17+/m1/s1. The maximum absolute atomic E-state index is 13.0. The number of carbonyl (C=O) groups is 2. The van der Waals surface area contributed by atoms with Crippen molar-refractivity contribution in [3.05, 3.63) is 0 Å². The fourth-order valence-corrected chi connectivity index (χ4v) is 9.93. The second kappa shape index (κ2) is 2.54. The molecular weight excluding hydrogens is 284 g/mol. The third kappa shape index (κ3) is 0.540. The minimum Gasteiger partial charge on any atom is -0.469 e. The molecule has 10 atom stereocenters.